The number of nitrogens with one attached hydrogen (secondary N) is 1. The van der Waals surface area contributed by atoms with Crippen LogP contribution in [-0.2, 0) is 4.84 Å². The number of quaternary nitrogens is 1. The molecular weight excluding hydrogens is 126 g/mol. The first-order chi connectivity index (χ1) is 4.74. The standard InChI is InChI=1S/C8H19NO/c1-5-8(4)10-9(6-2)7-3/h8H,5-7H2,1-4H3/p+1. The van der Waals surface area contributed by atoms with E-state index in [2.05, 4.69) is 27.7 Å². The molecule has 0 spiro atoms. The molecule has 0 fully saturated rings. The number of hydrogen-bond donors (Lipinski definition) is 1. The summed E-state index contributed by atoms with van der Waals surface area (Å²) in [5.41, 5.74) is 0. The highest BCUT2D eigenvalue weighted by atomic mass is 16.7. The van der Waals surface area contributed by atoms with Gasteiger partial charge < -0.3 is 0 Å². The molecule has 1 N–H and O–H groups in total. The lowest BCUT2D eigenvalue weighted by atomic mass is 10.3. The van der Waals surface area contributed by atoms with Gasteiger partial charge in [0.25, 0.3) is 0 Å². The molecule has 2 heteroatoms. The zero-order valence-corrected chi connectivity index (χ0v) is 7.61. The maximum atomic E-state index is 5.61. The van der Waals surface area contributed by atoms with Crippen LogP contribution in [-0.4, -0.2) is 19.2 Å². The van der Waals surface area contributed by atoms with E-state index in [1.807, 2.05) is 0 Å². The highest BCUT2D eigenvalue weighted by Gasteiger charge is 2.07. The largest absolute Gasteiger partial charge is 0.202 e. The SMILES string of the molecule is CCC(C)O[NH+](CC)CC. The third-order valence-corrected chi connectivity index (χ3v) is 1.73. The van der Waals surface area contributed by atoms with Crippen LogP contribution in [0.4, 0.5) is 0 Å². The first-order valence-electron chi connectivity index (χ1n) is 4.25. The topological polar surface area (TPSA) is 13.7 Å². The van der Waals surface area contributed by atoms with Crippen molar-refractivity contribution in [2.24, 2.45) is 0 Å². The van der Waals surface area contributed by atoms with Gasteiger partial charge in [-0.2, -0.15) is 5.06 Å². The van der Waals surface area contributed by atoms with Crippen molar-refractivity contribution in [1.29, 1.82) is 0 Å². The molecule has 0 radical (unpaired) electrons. The fourth-order valence-electron chi connectivity index (χ4n) is 0.785. The Labute approximate surface area is 64.1 Å². The fourth-order valence-corrected chi connectivity index (χ4v) is 0.785. The Hall–Kier alpha value is -0.0800. The van der Waals surface area contributed by atoms with Crippen LogP contribution in [0.5, 0.6) is 0 Å². The van der Waals surface area contributed by atoms with Crippen LogP contribution in [0.15, 0.2) is 0 Å². The van der Waals surface area contributed by atoms with Crippen molar-refractivity contribution in [2.45, 2.75) is 40.2 Å². The van der Waals surface area contributed by atoms with Gasteiger partial charge in [0, 0.05) is 0 Å². The first kappa shape index (κ1) is 9.92. The van der Waals surface area contributed by atoms with Crippen LogP contribution in [0, 0.1) is 0 Å². The Bertz CT molecular complexity index is 71.7. The molecular formula is C8H20NO+. The third kappa shape index (κ3) is 3.85. The van der Waals surface area contributed by atoms with Crippen molar-refractivity contribution < 1.29 is 9.90 Å². The number of hydroxylamine groups is 2. The Balaban J connectivity index is 3.41. The molecule has 1 unspecified atom stereocenters. The summed E-state index contributed by atoms with van der Waals surface area (Å²) in [6.45, 7) is 10.7. The zero-order valence-electron chi connectivity index (χ0n) is 7.61. The van der Waals surface area contributed by atoms with Gasteiger partial charge in [-0.05, 0) is 27.2 Å². The monoisotopic (exact) mass is 146 g/mol. The molecule has 0 heterocycles. The molecule has 62 valence electrons. The summed E-state index contributed by atoms with van der Waals surface area (Å²) in [5.74, 6) is 0. The number of hydrogen-bond acceptors (Lipinski definition) is 1. The van der Waals surface area contributed by atoms with E-state index in [1.165, 1.54) is 5.06 Å². The van der Waals surface area contributed by atoms with Crippen molar-refractivity contribution >= 4 is 0 Å². The summed E-state index contributed by atoms with van der Waals surface area (Å²) in [6.07, 6.45) is 1.50. The van der Waals surface area contributed by atoms with E-state index >= 15 is 0 Å². The van der Waals surface area contributed by atoms with E-state index in [0.717, 1.165) is 19.5 Å². The smallest absolute Gasteiger partial charge is 0.114 e. The van der Waals surface area contributed by atoms with Crippen LogP contribution in [0.2, 0.25) is 0 Å². The van der Waals surface area contributed by atoms with Crippen molar-refractivity contribution in [3.05, 3.63) is 0 Å². The molecule has 1 atom stereocenters. The van der Waals surface area contributed by atoms with Gasteiger partial charge >= 0.3 is 0 Å². The molecule has 0 saturated carbocycles. The van der Waals surface area contributed by atoms with E-state index in [-0.39, 0.29) is 0 Å². The Morgan fingerprint density at radius 2 is 1.70 bits per heavy atom. The summed E-state index contributed by atoms with van der Waals surface area (Å²) >= 11 is 0. The summed E-state index contributed by atoms with van der Waals surface area (Å²) in [5, 5.41) is 1.23. The fraction of sp³-hybridized carbons (Fsp3) is 1.00. The lowest BCUT2D eigenvalue weighted by Gasteiger charge is -2.17. The summed E-state index contributed by atoms with van der Waals surface area (Å²) in [6, 6.07) is 0. The molecule has 0 amide bonds. The van der Waals surface area contributed by atoms with Crippen molar-refractivity contribution in [2.75, 3.05) is 13.1 Å². The van der Waals surface area contributed by atoms with Crippen molar-refractivity contribution in [3.63, 3.8) is 0 Å². The molecule has 0 aliphatic carbocycles. The van der Waals surface area contributed by atoms with Gasteiger partial charge in [0.1, 0.15) is 19.2 Å². The van der Waals surface area contributed by atoms with E-state index < -0.39 is 0 Å². The minimum Gasteiger partial charge on any atom is -0.202 e. The van der Waals surface area contributed by atoms with Gasteiger partial charge in [0.2, 0.25) is 0 Å². The predicted octanol–water partition coefficient (Wildman–Crippen LogP) is 0.641. The second kappa shape index (κ2) is 5.69. The second-order valence-corrected chi connectivity index (χ2v) is 2.58. The molecule has 0 bridgehead atoms. The molecule has 0 aromatic rings. The van der Waals surface area contributed by atoms with Crippen molar-refractivity contribution in [1.82, 2.24) is 0 Å². The minimum absolute atomic E-state index is 0.398. The van der Waals surface area contributed by atoms with Gasteiger partial charge in [-0.15, -0.1) is 0 Å². The van der Waals surface area contributed by atoms with Gasteiger partial charge in [0.05, 0.1) is 0 Å². The van der Waals surface area contributed by atoms with E-state index in [9.17, 15) is 0 Å². The van der Waals surface area contributed by atoms with E-state index in [4.69, 9.17) is 4.84 Å². The van der Waals surface area contributed by atoms with Gasteiger partial charge in [-0.1, -0.05) is 6.92 Å². The summed E-state index contributed by atoms with van der Waals surface area (Å²) in [7, 11) is 0. The second-order valence-electron chi connectivity index (χ2n) is 2.58. The lowest BCUT2D eigenvalue weighted by molar-refractivity contribution is -1.09. The first-order valence-corrected chi connectivity index (χ1v) is 4.25. The molecule has 0 aromatic heterocycles. The maximum Gasteiger partial charge on any atom is 0.114 e. The normalized spacial score (nSPS) is 14.1. The van der Waals surface area contributed by atoms with Gasteiger partial charge in [0.15, 0.2) is 0 Å². The van der Waals surface area contributed by atoms with E-state index in [0.29, 0.717) is 6.10 Å². The van der Waals surface area contributed by atoms with Gasteiger partial charge in [-0.3, -0.25) is 0 Å². The van der Waals surface area contributed by atoms with Crippen LogP contribution in [0.3, 0.4) is 0 Å². The minimum atomic E-state index is 0.398. The lowest BCUT2D eigenvalue weighted by Crippen LogP contribution is -3.11. The molecule has 10 heavy (non-hydrogen) atoms. The maximum absolute atomic E-state index is 5.61. The average Bonchev–Trinajstić information content (AvgIpc) is 1.99. The Kier molecular flexibility index (Phi) is 5.64. The van der Waals surface area contributed by atoms with Crippen LogP contribution < -0.4 is 5.06 Å². The molecule has 0 aliphatic rings. The van der Waals surface area contributed by atoms with Crippen LogP contribution in [0.1, 0.15) is 34.1 Å². The Morgan fingerprint density at radius 3 is 2.00 bits per heavy atom. The van der Waals surface area contributed by atoms with Crippen LogP contribution in [0.25, 0.3) is 0 Å². The summed E-state index contributed by atoms with van der Waals surface area (Å²) in [4.78, 5) is 5.61. The molecule has 2 nitrogen and oxygen atoms in total. The number of rotatable bonds is 5. The predicted molar refractivity (Wildman–Crippen MR) is 42.9 cm³/mol. The molecule has 0 aliphatic heterocycles. The van der Waals surface area contributed by atoms with Crippen molar-refractivity contribution in [3.8, 4) is 0 Å². The molecule has 0 saturated heterocycles. The summed E-state index contributed by atoms with van der Waals surface area (Å²) < 4.78 is 0. The highest BCUT2D eigenvalue weighted by molar-refractivity contribution is 4.37. The Morgan fingerprint density at radius 1 is 1.20 bits per heavy atom. The third-order valence-electron chi connectivity index (χ3n) is 1.73. The molecule has 0 aromatic carbocycles. The van der Waals surface area contributed by atoms with E-state index in [1.54, 1.807) is 0 Å². The zero-order chi connectivity index (χ0) is 7.98. The molecule has 0 rings (SSSR count). The van der Waals surface area contributed by atoms with Gasteiger partial charge in [-0.25, -0.2) is 4.84 Å². The van der Waals surface area contributed by atoms with Crippen LogP contribution >= 0.6 is 0 Å². The quantitative estimate of drug-likeness (QED) is 0.562. The average molecular weight is 146 g/mol. The highest BCUT2D eigenvalue weighted by Crippen LogP contribution is 1.88.